The Hall–Kier alpha value is -1.21. The molecule has 1 aliphatic rings. The van der Waals surface area contributed by atoms with E-state index in [1.165, 1.54) is 6.92 Å². The van der Waals surface area contributed by atoms with Gasteiger partial charge in [0.25, 0.3) is 0 Å². The molecule has 0 aliphatic heterocycles. The van der Waals surface area contributed by atoms with Gasteiger partial charge in [-0.25, -0.2) is 0 Å². The fourth-order valence-corrected chi connectivity index (χ4v) is 3.87. The third-order valence-corrected chi connectivity index (χ3v) is 5.63. The van der Waals surface area contributed by atoms with Gasteiger partial charge in [-0.3, -0.25) is 14.9 Å². The molecule has 24 heavy (non-hydrogen) atoms. The lowest BCUT2D eigenvalue weighted by atomic mass is 9.64. The van der Waals surface area contributed by atoms with Gasteiger partial charge in [-0.05, 0) is 25.7 Å². The van der Waals surface area contributed by atoms with Crippen molar-refractivity contribution < 1.29 is 19.6 Å². The first-order valence-electron chi connectivity index (χ1n) is 9.00. The molecule has 0 spiro atoms. The summed E-state index contributed by atoms with van der Waals surface area (Å²) in [5.74, 6) is -0.349. The smallest absolute Gasteiger partial charge is 0.236 e. The number of hydrogen-bond donors (Lipinski definition) is 2. The van der Waals surface area contributed by atoms with Gasteiger partial charge in [0.2, 0.25) is 11.9 Å². The molecule has 0 aromatic heterocycles. The Morgan fingerprint density at radius 2 is 1.88 bits per heavy atom. The molecule has 1 aliphatic carbocycles. The van der Waals surface area contributed by atoms with Crippen LogP contribution >= 0.6 is 0 Å². The molecular formula is C17H32N2O5. The van der Waals surface area contributed by atoms with Crippen LogP contribution in [0.15, 0.2) is 0 Å². The lowest BCUT2D eigenvalue weighted by molar-refractivity contribution is -0.539. The van der Waals surface area contributed by atoms with E-state index in [-0.39, 0.29) is 23.4 Å². The molecule has 0 saturated heterocycles. The van der Waals surface area contributed by atoms with Crippen molar-refractivity contribution in [2.45, 2.75) is 97.1 Å². The van der Waals surface area contributed by atoms with E-state index in [1.807, 2.05) is 27.7 Å². The van der Waals surface area contributed by atoms with Crippen molar-refractivity contribution in [1.29, 1.82) is 0 Å². The summed E-state index contributed by atoms with van der Waals surface area (Å²) in [4.78, 5) is 22.9. The number of nitro groups is 1. The maximum Gasteiger partial charge on any atom is 0.236 e. The molecule has 140 valence electrons. The second-order valence-electron chi connectivity index (χ2n) is 6.84. The molecular weight excluding hydrogens is 312 g/mol. The van der Waals surface area contributed by atoms with Crippen LogP contribution < -0.4 is 5.32 Å². The summed E-state index contributed by atoms with van der Waals surface area (Å²) in [6, 6.07) is -1.78. The van der Waals surface area contributed by atoms with Crippen LogP contribution in [0, 0.1) is 15.5 Å². The molecule has 1 saturated carbocycles. The molecule has 0 aromatic rings. The van der Waals surface area contributed by atoms with Crippen molar-refractivity contribution in [2.24, 2.45) is 5.41 Å². The average Bonchev–Trinajstić information content (AvgIpc) is 2.54. The third-order valence-electron chi connectivity index (χ3n) is 5.63. The van der Waals surface area contributed by atoms with Crippen molar-refractivity contribution in [3.63, 3.8) is 0 Å². The second-order valence-corrected chi connectivity index (χ2v) is 6.84. The van der Waals surface area contributed by atoms with Crippen molar-refractivity contribution in [3.05, 3.63) is 10.1 Å². The molecule has 0 heterocycles. The molecule has 7 nitrogen and oxygen atoms in total. The predicted octanol–water partition coefficient (Wildman–Crippen LogP) is 2.28. The Morgan fingerprint density at radius 3 is 2.25 bits per heavy atom. The number of nitrogens with zero attached hydrogens (tertiary/aromatic N) is 1. The van der Waals surface area contributed by atoms with E-state index in [0.717, 1.165) is 12.8 Å². The highest BCUT2D eigenvalue weighted by atomic mass is 16.6. The largest absolute Gasteiger partial charge is 0.390 e. The van der Waals surface area contributed by atoms with Crippen LogP contribution in [-0.2, 0) is 9.53 Å². The number of aliphatic hydroxyl groups excluding tert-OH is 1. The van der Waals surface area contributed by atoms with E-state index in [0.29, 0.717) is 12.8 Å². The van der Waals surface area contributed by atoms with Gasteiger partial charge in [0.15, 0.2) is 0 Å². The summed E-state index contributed by atoms with van der Waals surface area (Å²) >= 11 is 0. The lowest BCUT2D eigenvalue weighted by Gasteiger charge is -2.49. The van der Waals surface area contributed by atoms with Gasteiger partial charge in [0, 0.05) is 23.7 Å². The summed E-state index contributed by atoms with van der Waals surface area (Å²) < 4.78 is 6.09. The van der Waals surface area contributed by atoms with E-state index in [4.69, 9.17) is 4.74 Å². The molecule has 0 bridgehead atoms. The molecule has 0 aromatic carbocycles. The minimum atomic E-state index is -0.962. The minimum absolute atomic E-state index is 0.0992. The number of ether oxygens (including phenoxy) is 1. The first-order chi connectivity index (χ1) is 11.3. The monoisotopic (exact) mass is 344 g/mol. The van der Waals surface area contributed by atoms with Gasteiger partial charge in [-0.15, -0.1) is 0 Å². The van der Waals surface area contributed by atoms with E-state index >= 15 is 0 Å². The lowest BCUT2D eigenvalue weighted by Crippen LogP contribution is -2.66. The SMILES string of the molecule is CCC(CC)O[C@H]1[C@H](NC(C)=O)[C@H]([N+](=O)[O-])CC(CC)(CC)[C@@H]1O. The molecule has 4 atom stereocenters. The van der Waals surface area contributed by atoms with Crippen molar-refractivity contribution in [3.8, 4) is 0 Å². The third kappa shape index (κ3) is 4.25. The fourth-order valence-electron chi connectivity index (χ4n) is 3.87. The summed E-state index contributed by atoms with van der Waals surface area (Å²) in [6.07, 6.45) is 1.28. The maximum absolute atomic E-state index is 11.7. The molecule has 1 fully saturated rings. The van der Waals surface area contributed by atoms with Gasteiger partial charge in [-0.1, -0.05) is 27.7 Å². The zero-order valence-corrected chi connectivity index (χ0v) is 15.4. The van der Waals surface area contributed by atoms with Crippen molar-refractivity contribution in [1.82, 2.24) is 5.32 Å². The van der Waals surface area contributed by atoms with E-state index in [2.05, 4.69) is 5.32 Å². The number of aliphatic hydroxyl groups is 1. The summed E-state index contributed by atoms with van der Waals surface area (Å²) in [5, 5.41) is 25.3. The summed E-state index contributed by atoms with van der Waals surface area (Å²) in [6.45, 7) is 9.18. The normalized spacial score (nSPS) is 29.5. The maximum atomic E-state index is 11.7. The Labute approximate surface area is 144 Å². The van der Waals surface area contributed by atoms with Crippen LogP contribution in [0.5, 0.6) is 0 Å². The van der Waals surface area contributed by atoms with Crippen LogP contribution in [0.3, 0.4) is 0 Å². The number of nitrogens with one attached hydrogen (secondary N) is 1. The van der Waals surface area contributed by atoms with Crippen molar-refractivity contribution >= 4 is 5.91 Å². The number of carbonyl (C=O) groups excluding carboxylic acids is 1. The van der Waals surface area contributed by atoms with Gasteiger partial charge < -0.3 is 15.2 Å². The molecule has 0 radical (unpaired) electrons. The van der Waals surface area contributed by atoms with E-state index < -0.39 is 29.7 Å². The number of hydrogen-bond acceptors (Lipinski definition) is 5. The average molecular weight is 344 g/mol. The van der Waals surface area contributed by atoms with E-state index in [9.17, 15) is 20.0 Å². The number of amides is 1. The zero-order valence-electron chi connectivity index (χ0n) is 15.4. The Bertz CT molecular complexity index is 435. The Kier molecular flexibility index (Phi) is 7.60. The Morgan fingerprint density at radius 1 is 1.33 bits per heavy atom. The van der Waals surface area contributed by atoms with E-state index in [1.54, 1.807) is 0 Å². The predicted molar refractivity (Wildman–Crippen MR) is 91.3 cm³/mol. The highest BCUT2D eigenvalue weighted by Crippen LogP contribution is 2.44. The number of carbonyl (C=O) groups is 1. The number of rotatable bonds is 8. The molecule has 1 amide bonds. The molecule has 7 heteroatoms. The molecule has 0 unspecified atom stereocenters. The van der Waals surface area contributed by atoms with Gasteiger partial charge in [0.05, 0.1) is 12.2 Å². The Balaban J connectivity index is 3.28. The first kappa shape index (κ1) is 20.8. The molecule has 1 rings (SSSR count). The second kappa shape index (κ2) is 8.76. The highest BCUT2D eigenvalue weighted by Gasteiger charge is 2.56. The van der Waals surface area contributed by atoms with Gasteiger partial charge in [0.1, 0.15) is 12.1 Å². The van der Waals surface area contributed by atoms with Gasteiger partial charge in [-0.2, -0.15) is 0 Å². The molecule has 2 N–H and O–H groups in total. The highest BCUT2D eigenvalue weighted by molar-refractivity contribution is 5.73. The quantitative estimate of drug-likeness (QED) is 0.519. The summed E-state index contributed by atoms with van der Waals surface area (Å²) in [5.41, 5.74) is -0.566. The van der Waals surface area contributed by atoms with Crippen LogP contribution in [0.1, 0.15) is 66.7 Å². The zero-order chi connectivity index (χ0) is 18.5. The van der Waals surface area contributed by atoms with Crippen LogP contribution in [-0.4, -0.2) is 46.3 Å². The minimum Gasteiger partial charge on any atom is -0.390 e. The topological polar surface area (TPSA) is 102 Å². The van der Waals surface area contributed by atoms with Crippen LogP contribution in [0.25, 0.3) is 0 Å². The standard InChI is InChI=1S/C17H32N2O5/c1-6-12(7-2)24-15-14(18-11(5)20)13(19(22)23)10-17(8-3,9-4)16(15)21/h12-16,21H,6-10H2,1-5H3,(H,18,20)/t13-,14-,15+,16-/m1/s1. The van der Waals surface area contributed by atoms with Crippen molar-refractivity contribution in [2.75, 3.05) is 0 Å². The van der Waals surface area contributed by atoms with Crippen LogP contribution in [0.4, 0.5) is 0 Å². The van der Waals surface area contributed by atoms with Gasteiger partial charge >= 0.3 is 0 Å². The summed E-state index contributed by atoms with van der Waals surface area (Å²) in [7, 11) is 0. The first-order valence-corrected chi connectivity index (χ1v) is 9.00. The fraction of sp³-hybridized carbons (Fsp3) is 0.941. The van der Waals surface area contributed by atoms with Crippen LogP contribution in [0.2, 0.25) is 0 Å².